The summed E-state index contributed by atoms with van der Waals surface area (Å²) in [6, 6.07) is 19.1. The molecule has 7 nitrogen and oxygen atoms in total. The van der Waals surface area contributed by atoms with Crippen LogP contribution in [-0.2, 0) is 25.8 Å². The van der Waals surface area contributed by atoms with Crippen LogP contribution in [0.1, 0.15) is 22.1 Å². The molecule has 162 valence electrons. The Hall–Kier alpha value is -3.39. The molecule has 0 bridgehead atoms. The molecule has 0 saturated carbocycles. The van der Waals surface area contributed by atoms with E-state index >= 15 is 0 Å². The summed E-state index contributed by atoms with van der Waals surface area (Å²) in [6.45, 7) is 1.85. The predicted octanol–water partition coefficient (Wildman–Crippen LogP) is 2.58. The van der Waals surface area contributed by atoms with E-state index in [1.54, 1.807) is 18.2 Å². The van der Waals surface area contributed by atoms with E-state index in [1.165, 1.54) is 24.5 Å². The molecule has 2 aromatic carbocycles. The molecule has 0 radical (unpaired) electrons. The lowest BCUT2D eigenvalue weighted by Gasteiger charge is -2.17. The molecule has 0 aliphatic rings. The van der Waals surface area contributed by atoms with Gasteiger partial charge in [-0.3, -0.25) is 9.59 Å². The summed E-state index contributed by atoms with van der Waals surface area (Å²) >= 11 is 0. The molecule has 0 saturated heterocycles. The normalized spacial score (nSPS) is 12.2. The third kappa shape index (κ3) is 5.82. The van der Waals surface area contributed by atoms with Crippen LogP contribution in [0.5, 0.6) is 0 Å². The Bertz CT molecular complexity index is 1110. The molecule has 0 fully saturated rings. The SMILES string of the molecule is Cc1ccc(S(=O)(=O)[C@@H](CNC(=O)C(=O)NCCc2ccccc2)c2ccco2)cc1. The number of hydrogen-bond acceptors (Lipinski definition) is 5. The van der Waals surface area contributed by atoms with Gasteiger partial charge in [0.05, 0.1) is 11.2 Å². The van der Waals surface area contributed by atoms with Gasteiger partial charge in [-0.2, -0.15) is 0 Å². The molecule has 2 amide bonds. The number of carbonyl (C=O) groups is 2. The lowest BCUT2D eigenvalue weighted by molar-refractivity contribution is -0.139. The molecule has 3 rings (SSSR count). The fraction of sp³-hybridized carbons (Fsp3) is 0.217. The Morgan fingerprint density at radius 3 is 2.23 bits per heavy atom. The molecule has 0 spiro atoms. The molecule has 0 unspecified atom stereocenters. The van der Waals surface area contributed by atoms with Crippen LogP contribution in [0, 0.1) is 6.92 Å². The van der Waals surface area contributed by atoms with E-state index in [9.17, 15) is 18.0 Å². The van der Waals surface area contributed by atoms with E-state index in [-0.39, 0.29) is 17.2 Å². The first-order valence-electron chi connectivity index (χ1n) is 9.82. The summed E-state index contributed by atoms with van der Waals surface area (Å²) in [5.41, 5.74) is 1.96. The van der Waals surface area contributed by atoms with Gasteiger partial charge in [-0.1, -0.05) is 48.0 Å². The lowest BCUT2D eigenvalue weighted by atomic mass is 10.1. The molecular formula is C23H24N2O5S. The second-order valence-corrected chi connectivity index (χ2v) is 9.19. The first-order valence-corrected chi connectivity index (χ1v) is 11.4. The Kier molecular flexibility index (Phi) is 7.25. The molecule has 1 aromatic heterocycles. The van der Waals surface area contributed by atoms with E-state index in [4.69, 9.17) is 4.42 Å². The summed E-state index contributed by atoms with van der Waals surface area (Å²) in [5, 5.41) is 3.80. The number of aryl methyl sites for hydroxylation is 1. The molecule has 31 heavy (non-hydrogen) atoms. The van der Waals surface area contributed by atoms with Crippen molar-refractivity contribution in [3.63, 3.8) is 0 Å². The number of hydrogen-bond donors (Lipinski definition) is 2. The number of amides is 2. The maximum absolute atomic E-state index is 13.1. The van der Waals surface area contributed by atoms with Crippen molar-refractivity contribution < 1.29 is 22.4 Å². The average Bonchev–Trinajstić information content (AvgIpc) is 3.29. The zero-order chi connectivity index (χ0) is 22.3. The number of benzene rings is 2. The highest BCUT2D eigenvalue weighted by molar-refractivity contribution is 7.91. The molecule has 3 aromatic rings. The van der Waals surface area contributed by atoms with Crippen LogP contribution in [0.25, 0.3) is 0 Å². The summed E-state index contributed by atoms with van der Waals surface area (Å²) in [7, 11) is -3.86. The van der Waals surface area contributed by atoms with E-state index in [0.717, 1.165) is 11.1 Å². The van der Waals surface area contributed by atoms with Crippen molar-refractivity contribution in [2.75, 3.05) is 13.1 Å². The first-order chi connectivity index (χ1) is 14.9. The molecule has 0 aliphatic carbocycles. The zero-order valence-corrected chi connectivity index (χ0v) is 17.9. The molecule has 1 heterocycles. The molecule has 2 N–H and O–H groups in total. The Morgan fingerprint density at radius 1 is 0.903 bits per heavy atom. The van der Waals surface area contributed by atoms with E-state index < -0.39 is 26.9 Å². The van der Waals surface area contributed by atoms with E-state index in [1.807, 2.05) is 37.3 Å². The predicted molar refractivity (Wildman–Crippen MR) is 116 cm³/mol. The first kappa shape index (κ1) is 22.3. The second-order valence-electron chi connectivity index (χ2n) is 7.06. The van der Waals surface area contributed by atoms with Crippen molar-refractivity contribution in [1.82, 2.24) is 10.6 Å². The zero-order valence-electron chi connectivity index (χ0n) is 17.1. The van der Waals surface area contributed by atoms with Crippen LogP contribution < -0.4 is 10.6 Å². The summed E-state index contributed by atoms with van der Waals surface area (Å²) in [6.07, 6.45) is 1.95. The van der Waals surface area contributed by atoms with Crippen molar-refractivity contribution in [3.8, 4) is 0 Å². The van der Waals surface area contributed by atoms with Crippen LogP contribution in [0.3, 0.4) is 0 Å². The Labute approximate surface area is 181 Å². The molecular weight excluding hydrogens is 416 g/mol. The van der Waals surface area contributed by atoms with Gasteiger partial charge < -0.3 is 15.1 Å². The van der Waals surface area contributed by atoms with Gasteiger partial charge >= 0.3 is 11.8 Å². The summed E-state index contributed by atoms with van der Waals surface area (Å²) in [4.78, 5) is 24.4. The fourth-order valence-electron chi connectivity index (χ4n) is 3.04. The van der Waals surface area contributed by atoms with E-state index in [0.29, 0.717) is 13.0 Å². The van der Waals surface area contributed by atoms with Crippen LogP contribution in [0.2, 0.25) is 0 Å². The quantitative estimate of drug-likeness (QED) is 0.524. The third-order valence-corrected chi connectivity index (χ3v) is 6.86. The minimum atomic E-state index is -3.86. The van der Waals surface area contributed by atoms with Crippen LogP contribution in [0.4, 0.5) is 0 Å². The highest BCUT2D eigenvalue weighted by atomic mass is 32.2. The molecule has 1 atom stereocenters. The van der Waals surface area contributed by atoms with Gasteiger partial charge in [-0.25, -0.2) is 8.42 Å². The largest absolute Gasteiger partial charge is 0.468 e. The van der Waals surface area contributed by atoms with Crippen molar-refractivity contribution >= 4 is 21.7 Å². The number of rotatable bonds is 8. The lowest BCUT2D eigenvalue weighted by Crippen LogP contribution is -2.42. The molecule has 0 aliphatic heterocycles. The van der Waals surface area contributed by atoms with Crippen molar-refractivity contribution in [2.45, 2.75) is 23.5 Å². The van der Waals surface area contributed by atoms with Crippen LogP contribution >= 0.6 is 0 Å². The number of nitrogens with one attached hydrogen (secondary N) is 2. The standard InChI is InChI=1S/C23H24N2O5S/c1-17-9-11-19(12-10-17)31(28,29)21(20-8-5-15-30-20)16-25-23(27)22(26)24-14-13-18-6-3-2-4-7-18/h2-12,15,21H,13-14,16H2,1H3,(H,24,26)(H,25,27)/t21-/m0/s1. The van der Waals surface area contributed by atoms with E-state index in [2.05, 4.69) is 10.6 Å². The minimum Gasteiger partial charge on any atom is -0.468 e. The van der Waals surface area contributed by atoms with Gasteiger partial charge in [0.1, 0.15) is 11.0 Å². The molecule has 8 heteroatoms. The average molecular weight is 441 g/mol. The minimum absolute atomic E-state index is 0.112. The van der Waals surface area contributed by atoms with Crippen molar-refractivity contribution in [2.24, 2.45) is 0 Å². The Morgan fingerprint density at radius 2 is 1.58 bits per heavy atom. The Balaban J connectivity index is 1.63. The van der Waals surface area contributed by atoms with Gasteiger partial charge in [0.2, 0.25) is 0 Å². The highest BCUT2D eigenvalue weighted by Crippen LogP contribution is 2.29. The fourth-order valence-corrected chi connectivity index (χ4v) is 4.63. The van der Waals surface area contributed by atoms with Gasteiger partial charge in [0.15, 0.2) is 9.84 Å². The van der Waals surface area contributed by atoms with Gasteiger partial charge in [-0.15, -0.1) is 0 Å². The second kappa shape index (κ2) is 10.1. The van der Waals surface area contributed by atoms with Crippen LogP contribution in [-0.4, -0.2) is 33.3 Å². The van der Waals surface area contributed by atoms with Gasteiger partial charge in [0, 0.05) is 13.1 Å². The maximum Gasteiger partial charge on any atom is 0.309 e. The van der Waals surface area contributed by atoms with Crippen LogP contribution in [0.15, 0.2) is 82.3 Å². The van der Waals surface area contributed by atoms with Crippen molar-refractivity contribution in [3.05, 3.63) is 89.9 Å². The third-order valence-electron chi connectivity index (χ3n) is 4.78. The maximum atomic E-state index is 13.1. The summed E-state index contributed by atoms with van der Waals surface area (Å²) in [5.74, 6) is -1.53. The topological polar surface area (TPSA) is 105 Å². The number of carbonyl (C=O) groups excluding carboxylic acids is 2. The van der Waals surface area contributed by atoms with Gasteiger partial charge in [0.25, 0.3) is 0 Å². The smallest absolute Gasteiger partial charge is 0.309 e. The summed E-state index contributed by atoms with van der Waals surface area (Å²) < 4.78 is 31.6. The van der Waals surface area contributed by atoms with Crippen molar-refractivity contribution in [1.29, 1.82) is 0 Å². The number of furan rings is 1. The number of sulfone groups is 1. The monoisotopic (exact) mass is 440 g/mol. The van der Waals surface area contributed by atoms with Gasteiger partial charge in [-0.05, 0) is 43.2 Å². The highest BCUT2D eigenvalue weighted by Gasteiger charge is 2.32.